The quantitative estimate of drug-likeness (QED) is 0.530. The van der Waals surface area contributed by atoms with Crippen LogP contribution in [0.15, 0.2) is 64.6 Å². The Morgan fingerprint density at radius 2 is 1.59 bits per heavy atom. The van der Waals surface area contributed by atoms with E-state index in [-0.39, 0.29) is 0 Å². The second-order valence-electron chi connectivity index (χ2n) is 5.42. The van der Waals surface area contributed by atoms with Gasteiger partial charge in [-0.05, 0) is 29.7 Å². The van der Waals surface area contributed by atoms with Gasteiger partial charge in [0, 0.05) is 12.8 Å². The molecule has 0 bridgehead atoms. The van der Waals surface area contributed by atoms with Gasteiger partial charge >= 0.3 is 0 Å². The zero-order valence-electron chi connectivity index (χ0n) is 13.1. The summed E-state index contributed by atoms with van der Waals surface area (Å²) >= 11 is 0. The smallest absolute Gasteiger partial charge is 0.100 e. The van der Waals surface area contributed by atoms with Gasteiger partial charge in [0.15, 0.2) is 0 Å². The van der Waals surface area contributed by atoms with Gasteiger partial charge in [0.1, 0.15) is 6.01 Å². The first kappa shape index (κ1) is 15.8. The largest absolute Gasteiger partial charge is 0.188 e. The van der Waals surface area contributed by atoms with Gasteiger partial charge in [-0.3, -0.25) is 0 Å². The molecule has 2 heteroatoms. The first-order valence-electron chi connectivity index (χ1n) is 7.51. The van der Waals surface area contributed by atoms with Crippen LogP contribution in [0.2, 0.25) is 0 Å². The molecule has 0 heterocycles. The molecule has 0 aliphatic carbocycles. The molecule has 0 saturated carbocycles. The van der Waals surface area contributed by atoms with Crippen molar-refractivity contribution in [2.24, 2.45) is 15.9 Å². The average Bonchev–Trinajstić information content (AvgIpc) is 2.54. The average molecular weight is 288 g/mol. The van der Waals surface area contributed by atoms with Crippen molar-refractivity contribution < 1.29 is 0 Å². The fourth-order valence-corrected chi connectivity index (χ4v) is 1.84. The van der Waals surface area contributed by atoms with Crippen LogP contribution in [0.1, 0.15) is 25.8 Å². The van der Waals surface area contributed by atoms with Crippen LogP contribution in [0.3, 0.4) is 0 Å². The second-order valence-corrected chi connectivity index (χ2v) is 5.42. The fourth-order valence-electron chi connectivity index (χ4n) is 1.84. The topological polar surface area (TPSA) is 24.7 Å². The maximum absolute atomic E-state index is 4.33. The molecule has 0 saturated heterocycles. The van der Waals surface area contributed by atoms with Crippen molar-refractivity contribution in [3.05, 3.63) is 60.2 Å². The summed E-state index contributed by atoms with van der Waals surface area (Å²) in [4.78, 5) is 8.54. The van der Waals surface area contributed by atoms with E-state index in [4.69, 9.17) is 0 Å². The lowest BCUT2D eigenvalue weighted by molar-refractivity contribution is 0.675. The lowest BCUT2D eigenvalue weighted by Gasteiger charge is -1.99. The first-order valence-corrected chi connectivity index (χ1v) is 7.51. The molecule has 0 atom stereocenters. The Kier molecular flexibility index (Phi) is 6.18. The number of para-hydroxylation sites is 2. The molecule has 0 fully saturated rings. The van der Waals surface area contributed by atoms with Gasteiger partial charge in [-0.25, -0.2) is 0 Å². The summed E-state index contributed by atoms with van der Waals surface area (Å²) in [7, 11) is 0. The SMILES string of the molecule is CC(C)CC#CCc1ccccc1N=C=Nc1ccccc1. The van der Waals surface area contributed by atoms with Crippen molar-refractivity contribution in [3.63, 3.8) is 0 Å². The summed E-state index contributed by atoms with van der Waals surface area (Å²) in [5.41, 5.74) is 2.83. The monoisotopic (exact) mass is 288 g/mol. The molecule has 2 nitrogen and oxygen atoms in total. The van der Waals surface area contributed by atoms with E-state index in [1.807, 2.05) is 54.6 Å². The van der Waals surface area contributed by atoms with Crippen LogP contribution >= 0.6 is 0 Å². The number of hydrogen-bond acceptors (Lipinski definition) is 2. The molecule has 0 radical (unpaired) electrons. The number of benzene rings is 2. The number of nitrogens with zero attached hydrogens (tertiary/aromatic N) is 2. The highest BCUT2D eigenvalue weighted by Gasteiger charge is 1.97. The number of hydrogen-bond donors (Lipinski definition) is 0. The van der Waals surface area contributed by atoms with E-state index < -0.39 is 0 Å². The van der Waals surface area contributed by atoms with E-state index in [0.717, 1.165) is 23.4 Å². The highest BCUT2D eigenvalue weighted by atomic mass is 14.8. The van der Waals surface area contributed by atoms with Gasteiger partial charge in [-0.2, -0.15) is 9.98 Å². The van der Waals surface area contributed by atoms with Crippen LogP contribution in [0.25, 0.3) is 0 Å². The van der Waals surface area contributed by atoms with Gasteiger partial charge in [0.2, 0.25) is 0 Å². The van der Waals surface area contributed by atoms with E-state index >= 15 is 0 Å². The second kappa shape index (κ2) is 8.62. The molecule has 2 aromatic rings. The summed E-state index contributed by atoms with van der Waals surface area (Å²) in [5.74, 6) is 7.03. The molecule has 0 unspecified atom stereocenters. The third-order valence-electron chi connectivity index (χ3n) is 3.01. The van der Waals surface area contributed by atoms with Crippen molar-refractivity contribution in [1.82, 2.24) is 0 Å². The van der Waals surface area contributed by atoms with Gasteiger partial charge in [-0.1, -0.05) is 56.2 Å². The zero-order chi connectivity index (χ0) is 15.6. The minimum Gasteiger partial charge on any atom is -0.188 e. The van der Waals surface area contributed by atoms with E-state index in [1.165, 1.54) is 0 Å². The van der Waals surface area contributed by atoms with Crippen molar-refractivity contribution in [3.8, 4) is 11.8 Å². The fraction of sp³-hybridized carbons (Fsp3) is 0.250. The number of rotatable bonds is 4. The Bertz CT molecular complexity index is 712. The van der Waals surface area contributed by atoms with Gasteiger partial charge in [0.05, 0.1) is 11.4 Å². The standard InChI is InChI=1S/C20H20N2/c1-17(2)10-6-7-11-18-12-8-9-15-20(18)22-16-21-19-13-4-3-5-14-19/h3-5,8-9,12-15,17H,10-11H2,1-2H3. The molecular weight excluding hydrogens is 268 g/mol. The van der Waals surface area contributed by atoms with E-state index in [9.17, 15) is 0 Å². The predicted molar refractivity (Wildman–Crippen MR) is 93.0 cm³/mol. The molecule has 0 N–H and O–H groups in total. The molecule has 0 amide bonds. The molecule has 110 valence electrons. The van der Waals surface area contributed by atoms with Crippen molar-refractivity contribution >= 4 is 17.4 Å². The van der Waals surface area contributed by atoms with Crippen LogP contribution in [0.5, 0.6) is 0 Å². The Labute approximate surface area is 132 Å². The summed E-state index contributed by atoms with van der Waals surface area (Å²) < 4.78 is 0. The van der Waals surface area contributed by atoms with Gasteiger partial charge in [0.25, 0.3) is 0 Å². The Hall–Kier alpha value is -2.62. The van der Waals surface area contributed by atoms with Crippen LogP contribution in [-0.4, -0.2) is 6.01 Å². The molecule has 2 rings (SSSR count). The molecule has 2 aromatic carbocycles. The Balaban J connectivity index is 2.11. The third kappa shape index (κ3) is 5.40. The molecule has 0 aliphatic heterocycles. The Morgan fingerprint density at radius 1 is 0.864 bits per heavy atom. The summed E-state index contributed by atoms with van der Waals surface area (Å²) in [6.45, 7) is 4.35. The lowest BCUT2D eigenvalue weighted by atomic mass is 10.1. The minimum absolute atomic E-state index is 0.610. The molecule has 22 heavy (non-hydrogen) atoms. The van der Waals surface area contributed by atoms with Gasteiger partial charge < -0.3 is 0 Å². The maximum atomic E-state index is 4.33. The summed E-state index contributed by atoms with van der Waals surface area (Å²) in [6.07, 6.45) is 1.64. The molecular formula is C20H20N2. The zero-order valence-corrected chi connectivity index (χ0v) is 13.1. The van der Waals surface area contributed by atoms with Crippen molar-refractivity contribution in [2.45, 2.75) is 26.7 Å². The van der Waals surface area contributed by atoms with Crippen LogP contribution in [0, 0.1) is 17.8 Å². The minimum atomic E-state index is 0.610. The van der Waals surface area contributed by atoms with Crippen LogP contribution in [-0.2, 0) is 6.42 Å². The predicted octanol–water partition coefficient (Wildman–Crippen LogP) is 5.42. The number of aliphatic imine (C=N–C) groups is 2. The normalized spacial score (nSPS) is 9.59. The van der Waals surface area contributed by atoms with E-state index in [0.29, 0.717) is 12.3 Å². The first-order chi connectivity index (χ1) is 10.8. The van der Waals surface area contributed by atoms with Crippen LogP contribution < -0.4 is 0 Å². The highest BCUT2D eigenvalue weighted by Crippen LogP contribution is 2.18. The van der Waals surface area contributed by atoms with Crippen molar-refractivity contribution in [1.29, 1.82) is 0 Å². The summed E-state index contributed by atoms with van der Waals surface area (Å²) in [6, 6.07) is 20.4. The van der Waals surface area contributed by atoms with Crippen molar-refractivity contribution in [2.75, 3.05) is 0 Å². The molecule has 0 aliphatic rings. The Morgan fingerprint density at radius 3 is 2.36 bits per heavy atom. The maximum Gasteiger partial charge on any atom is 0.100 e. The molecule has 0 aromatic heterocycles. The highest BCUT2D eigenvalue weighted by molar-refractivity contribution is 5.60. The lowest BCUT2D eigenvalue weighted by Crippen LogP contribution is -1.84. The van der Waals surface area contributed by atoms with E-state index in [1.54, 1.807) is 0 Å². The van der Waals surface area contributed by atoms with Gasteiger partial charge in [-0.15, -0.1) is 5.92 Å². The molecule has 0 spiro atoms. The van der Waals surface area contributed by atoms with E-state index in [2.05, 4.69) is 41.7 Å². The van der Waals surface area contributed by atoms with Crippen LogP contribution in [0.4, 0.5) is 11.4 Å². The summed E-state index contributed by atoms with van der Waals surface area (Å²) in [5, 5.41) is 0. The third-order valence-corrected chi connectivity index (χ3v) is 3.01.